The topological polar surface area (TPSA) is 80.0 Å². The van der Waals surface area contributed by atoms with Crippen LogP contribution in [0.2, 0.25) is 0 Å². The minimum absolute atomic E-state index is 0.136. The van der Waals surface area contributed by atoms with Gasteiger partial charge in [0, 0.05) is 18.5 Å². The van der Waals surface area contributed by atoms with Gasteiger partial charge in [-0.1, -0.05) is 81.3 Å². The van der Waals surface area contributed by atoms with E-state index in [9.17, 15) is 9.18 Å². The van der Waals surface area contributed by atoms with Gasteiger partial charge in [0.25, 0.3) is 0 Å². The van der Waals surface area contributed by atoms with Gasteiger partial charge in [0.15, 0.2) is 0 Å². The number of carbonyl (C=O) groups is 1. The molecule has 3 rings (SSSR count). The lowest BCUT2D eigenvalue weighted by Crippen LogP contribution is -2.40. The third-order valence-electron chi connectivity index (χ3n) is 5.81. The third kappa shape index (κ3) is 7.73. The number of alkyl halides is 1. The van der Waals surface area contributed by atoms with Gasteiger partial charge in [0.05, 0.1) is 12.6 Å². The number of halogens is 1. The van der Waals surface area contributed by atoms with Crippen molar-refractivity contribution in [2.24, 2.45) is 0 Å². The van der Waals surface area contributed by atoms with Gasteiger partial charge in [-0.05, 0) is 18.4 Å². The number of nitrogens with one attached hydrogen (secondary N) is 2. The van der Waals surface area contributed by atoms with Crippen LogP contribution in [-0.2, 0) is 17.8 Å². The maximum Gasteiger partial charge on any atom is 0.246 e. The van der Waals surface area contributed by atoms with Crippen molar-refractivity contribution >= 4 is 5.91 Å². The van der Waals surface area contributed by atoms with Gasteiger partial charge < -0.3 is 15.2 Å². The average Bonchev–Trinajstić information content (AvgIpc) is 3.44. The van der Waals surface area contributed by atoms with Crippen molar-refractivity contribution in [1.29, 1.82) is 0 Å². The molecule has 1 fully saturated rings. The number of aromatic nitrogens is 2. The van der Waals surface area contributed by atoms with Crippen molar-refractivity contribution < 1.29 is 13.7 Å². The van der Waals surface area contributed by atoms with Gasteiger partial charge >= 0.3 is 0 Å². The second-order valence-corrected chi connectivity index (χ2v) is 8.45. The number of unbranched alkanes of at least 4 members (excludes halogenated alkanes) is 7. The van der Waals surface area contributed by atoms with E-state index in [2.05, 4.69) is 39.8 Å². The first-order chi connectivity index (χ1) is 15.2. The third-order valence-corrected chi connectivity index (χ3v) is 5.81. The number of rotatable bonds is 13. The molecule has 0 bridgehead atoms. The van der Waals surface area contributed by atoms with Crippen molar-refractivity contribution in [1.82, 2.24) is 20.8 Å². The highest BCUT2D eigenvalue weighted by molar-refractivity contribution is 5.82. The van der Waals surface area contributed by atoms with Crippen LogP contribution in [0.15, 0.2) is 28.8 Å². The summed E-state index contributed by atoms with van der Waals surface area (Å²) in [4.78, 5) is 16.4. The van der Waals surface area contributed by atoms with Crippen LogP contribution >= 0.6 is 0 Å². The Balaban J connectivity index is 1.37. The molecule has 2 heterocycles. The number of nitrogens with zero attached hydrogens (tertiary/aromatic N) is 2. The lowest BCUT2D eigenvalue weighted by Gasteiger charge is -2.08. The van der Waals surface area contributed by atoms with Crippen LogP contribution in [0.4, 0.5) is 4.39 Å². The van der Waals surface area contributed by atoms with E-state index in [4.69, 9.17) is 4.52 Å². The highest BCUT2D eigenvalue weighted by Gasteiger charge is 2.29. The number of amides is 1. The molecular formula is C24H35FN4O2. The van der Waals surface area contributed by atoms with Gasteiger partial charge in [-0.3, -0.25) is 4.79 Å². The van der Waals surface area contributed by atoms with Crippen molar-refractivity contribution in [3.63, 3.8) is 0 Å². The molecule has 1 aliphatic rings. The fraction of sp³-hybridized carbons (Fsp3) is 0.625. The first-order valence-electron chi connectivity index (χ1n) is 11.7. The van der Waals surface area contributed by atoms with Crippen LogP contribution < -0.4 is 10.6 Å². The Morgan fingerprint density at radius 3 is 2.52 bits per heavy atom. The van der Waals surface area contributed by atoms with E-state index in [-0.39, 0.29) is 25.4 Å². The molecule has 1 aromatic heterocycles. The van der Waals surface area contributed by atoms with E-state index in [1.165, 1.54) is 56.9 Å². The molecule has 2 aromatic rings. The molecule has 170 valence electrons. The predicted octanol–water partition coefficient (Wildman–Crippen LogP) is 4.74. The maximum atomic E-state index is 13.2. The monoisotopic (exact) mass is 430 g/mol. The Kier molecular flexibility index (Phi) is 9.46. The fourth-order valence-electron chi connectivity index (χ4n) is 3.91. The fourth-order valence-corrected chi connectivity index (χ4v) is 3.91. The normalized spacial score (nSPS) is 18.4. The Morgan fingerprint density at radius 1 is 1.13 bits per heavy atom. The van der Waals surface area contributed by atoms with E-state index >= 15 is 0 Å². The number of hydrogen-bond acceptors (Lipinski definition) is 5. The number of benzene rings is 1. The molecule has 6 nitrogen and oxygen atoms in total. The Labute approximate surface area is 184 Å². The van der Waals surface area contributed by atoms with Crippen LogP contribution in [-0.4, -0.2) is 34.8 Å². The van der Waals surface area contributed by atoms with Gasteiger partial charge in [0.1, 0.15) is 6.17 Å². The molecule has 2 atom stereocenters. The first-order valence-corrected chi connectivity index (χ1v) is 11.7. The zero-order valence-corrected chi connectivity index (χ0v) is 18.5. The summed E-state index contributed by atoms with van der Waals surface area (Å²) in [6.07, 6.45) is 10.9. The molecule has 0 spiro atoms. The van der Waals surface area contributed by atoms with E-state index in [1.807, 2.05) is 12.1 Å². The Morgan fingerprint density at radius 2 is 1.84 bits per heavy atom. The molecule has 0 aliphatic carbocycles. The summed E-state index contributed by atoms with van der Waals surface area (Å²) in [5, 5.41) is 9.58. The lowest BCUT2D eigenvalue weighted by atomic mass is 10.0. The predicted molar refractivity (Wildman–Crippen MR) is 119 cm³/mol. The SMILES string of the molecule is CCCCCCCCCCc1ccc(-c2noc(CNC(=O)[C@@H]3C[C@@H](F)CN3)n2)cc1. The standard InChI is InChI=1S/C24H35FN4O2/c1-2-3-4-5-6-7-8-9-10-18-11-13-19(14-12-18)23-28-22(31-29-23)17-27-24(30)21-15-20(25)16-26-21/h11-14,20-21,26H,2-10,15-17H2,1H3,(H,27,30)/t20-,21+/m1/s1. The number of carbonyl (C=O) groups excluding carboxylic acids is 1. The lowest BCUT2D eigenvalue weighted by molar-refractivity contribution is -0.123. The molecule has 2 N–H and O–H groups in total. The van der Waals surface area contributed by atoms with Crippen molar-refractivity contribution in [2.45, 2.75) is 89.9 Å². The second kappa shape index (κ2) is 12.5. The molecule has 1 saturated heterocycles. The number of aryl methyl sites for hydroxylation is 1. The molecular weight excluding hydrogens is 395 g/mol. The molecule has 7 heteroatoms. The summed E-state index contributed by atoms with van der Waals surface area (Å²) in [7, 11) is 0. The van der Waals surface area contributed by atoms with Crippen LogP contribution in [0.25, 0.3) is 11.4 Å². The first kappa shape index (κ1) is 23.4. The van der Waals surface area contributed by atoms with E-state index in [0.717, 1.165) is 12.0 Å². The van der Waals surface area contributed by atoms with E-state index in [1.54, 1.807) is 0 Å². The maximum absolute atomic E-state index is 13.2. The van der Waals surface area contributed by atoms with Crippen molar-refractivity contribution in [3.8, 4) is 11.4 Å². The van der Waals surface area contributed by atoms with Gasteiger partial charge in [-0.25, -0.2) is 4.39 Å². The molecule has 0 saturated carbocycles. The minimum atomic E-state index is -0.968. The molecule has 31 heavy (non-hydrogen) atoms. The second-order valence-electron chi connectivity index (χ2n) is 8.45. The molecule has 0 unspecified atom stereocenters. The summed E-state index contributed by atoms with van der Waals surface area (Å²) >= 11 is 0. The summed E-state index contributed by atoms with van der Waals surface area (Å²) in [5.41, 5.74) is 2.21. The zero-order valence-electron chi connectivity index (χ0n) is 18.5. The highest BCUT2D eigenvalue weighted by atomic mass is 19.1. The van der Waals surface area contributed by atoms with Crippen LogP contribution in [0.1, 0.15) is 76.2 Å². The number of hydrogen-bond donors (Lipinski definition) is 2. The molecule has 0 radical (unpaired) electrons. The summed E-state index contributed by atoms with van der Waals surface area (Å²) in [6.45, 7) is 2.61. The highest BCUT2D eigenvalue weighted by Crippen LogP contribution is 2.18. The van der Waals surface area contributed by atoms with Crippen molar-refractivity contribution in [2.75, 3.05) is 6.54 Å². The van der Waals surface area contributed by atoms with E-state index < -0.39 is 12.2 Å². The summed E-state index contributed by atoms with van der Waals surface area (Å²) in [5.74, 6) is 0.595. The van der Waals surface area contributed by atoms with Gasteiger partial charge in [-0.2, -0.15) is 4.98 Å². The van der Waals surface area contributed by atoms with Crippen LogP contribution in [0.3, 0.4) is 0 Å². The molecule has 1 amide bonds. The van der Waals surface area contributed by atoms with E-state index in [0.29, 0.717) is 11.7 Å². The van der Waals surface area contributed by atoms with Gasteiger partial charge in [0.2, 0.25) is 17.6 Å². The van der Waals surface area contributed by atoms with Crippen LogP contribution in [0, 0.1) is 0 Å². The average molecular weight is 431 g/mol. The smallest absolute Gasteiger partial charge is 0.246 e. The Hall–Kier alpha value is -2.28. The Bertz CT molecular complexity index is 793. The van der Waals surface area contributed by atoms with Crippen LogP contribution in [0.5, 0.6) is 0 Å². The zero-order chi connectivity index (χ0) is 21.9. The van der Waals surface area contributed by atoms with Gasteiger partial charge in [-0.15, -0.1) is 0 Å². The molecule has 1 aliphatic heterocycles. The summed E-state index contributed by atoms with van der Waals surface area (Å²) in [6, 6.07) is 7.76. The molecule has 1 aromatic carbocycles. The summed E-state index contributed by atoms with van der Waals surface area (Å²) < 4.78 is 18.4. The minimum Gasteiger partial charge on any atom is -0.346 e. The largest absolute Gasteiger partial charge is 0.346 e. The van der Waals surface area contributed by atoms with Crippen molar-refractivity contribution in [3.05, 3.63) is 35.7 Å². The quantitative estimate of drug-likeness (QED) is 0.449.